The summed E-state index contributed by atoms with van der Waals surface area (Å²) < 4.78 is 0. The minimum absolute atomic E-state index is 0.0246. The van der Waals surface area contributed by atoms with Gasteiger partial charge in [0.15, 0.2) is 0 Å². The summed E-state index contributed by atoms with van der Waals surface area (Å²) in [7, 11) is 0. The molecule has 1 heterocycles. The monoisotopic (exact) mass is 447 g/mol. The molecule has 1 aromatic heterocycles. The lowest BCUT2D eigenvalue weighted by molar-refractivity contribution is -0.133. The molecular weight excluding hydrogens is 418 g/mol. The van der Waals surface area contributed by atoms with Gasteiger partial charge in [0.2, 0.25) is 5.91 Å². The standard InChI is InChI=1S/C26H29N3O2S/c1-20-14-15-32-24(20)18-28(17-22-10-6-3-7-11-22)25(30)19-29(23-12-13-23)26(31)27-16-21-8-4-2-5-9-21/h2-11,14-15,23H,12-13,16-19H2,1H3,(H,27,31). The van der Waals surface area contributed by atoms with Gasteiger partial charge in [0, 0.05) is 24.0 Å². The number of carbonyl (C=O) groups is 2. The summed E-state index contributed by atoms with van der Waals surface area (Å²) in [5, 5.41) is 5.05. The number of rotatable bonds is 9. The van der Waals surface area contributed by atoms with Crippen molar-refractivity contribution in [3.63, 3.8) is 0 Å². The highest BCUT2D eigenvalue weighted by atomic mass is 32.1. The maximum absolute atomic E-state index is 13.4. The molecule has 6 heteroatoms. The van der Waals surface area contributed by atoms with Crippen molar-refractivity contribution in [3.05, 3.63) is 93.7 Å². The highest BCUT2D eigenvalue weighted by Gasteiger charge is 2.35. The number of aryl methyl sites for hydroxylation is 1. The lowest BCUT2D eigenvalue weighted by Gasteiger charge is -2.28. The van der Waals surface area contributed by atoms with Crippen molar-refractivity contribution in [2.45, 2.75) is 45.4 Å². The Bertz CT molecular complexity index is 1030. The molecule has 3 amide bonds. The Balaban J connectivity index is 1.44. The number of urea groups is 1. The average molecular weight is 448 g/mol. The van der Waals surface area contributed by atoms with Gasteiger partial charge in [-0.1, -0.05) is 60.7 Å². The third-order valence-corrected chi connectivity index (χ3v) is 6.72. The van der Waals surface area contributed by atoms with Crippen LogP contribution in [0.2, 0.25) is 0 Å². The Morgan fingerprint density at radius 2 is 1.59 bits per heavy atom. The summed E-state index contributed by atoms with van der Waals surface area (Å²) in [6.45, 7) is 3.72. The third kappa shape index (κ3) is 5.98. The maximum Gasteiger partial charge on any atom is 0.318 e. The predicted octanol–water partition coefficient (Wildman–Crippen LogP) is 4.96. The van der Waals surface area contributed by atoms with Gasteiger partial charge in [0.05, 0.1) is 6.54 Å². The van der Waals surface area contributed by atoms with Gasteiger partial charge in [0.25, 0.3) is 0 Å². The first-order valence-corrected chi connectivity index (χ1v) is 11.9. The van der Waals surface area contributed by atoms with E-state index in [2.05, 4.69) is 23.7 Å². The van der Waals surface area contributed by atoms with Gasteiger partial charge in [-0.15, -0.1) is 11.3 Å². The van der Waals surface area contributed by atoms with Crippen molar-refractivity contribution < 1.29 is 9.59 Å². The van der Waals surface area contributed by atoms with Gasteiger partial charge >= 0.3 is 6.03 Å². The molecule has 0 radical (unpaired) electrons. The first-order valence-electron chi connectivity index (χ1n) is 11.0. The smallest absolute Gasteiger partial charge is 0.318 e. The summed E-state index contributed by atoms with van der Waals surface area (Å²) in [5.41, 5.74) is 3.32. The van der Waals surface area contributed by atoms with Crippen LogP contribution in [0.4, 0.5) is 4.79 Å². The quantitative estimate of drug-likeness (QED) is 0.504. The molecule has 0 bridgehead atoms. The Hall–Kier alpha value is -3.12. The number of hydrogen-bond donors (Lipinski definition) is 1. The molecule has 3 aromatic rings. The molecule has 2 aromatic carbocycles. The molecule has 1 N–H and O–H groups in total. The zero-order valence-corrected chi connectivity index (χ0v) is 19.2. The van der Waals surface area contributed by atoms with E-state index in [-0.39, 0.29) is 24.5 Å². The van der Waals surface area contributed by atoms with Gasteiger partial charge in [-0.3, -0.25) is 4.79 Å². The topological polar surface area (TPSA) is 52.7 Å². The van der Waals surface area contributed by atoms with Crippen LogP contribution in [0.1, 0.15) is 34.4 Å². The number of thiophene rings is 1. The fourth-order valence-electron chi connectivity index (χ4n) is 3.65. The van der Waals surface area contributed by atoms with Crippen LogP contribution in [0.3, 0.4) is 0 Å². The van der Waals surface area contributed by atoms with E-state index in [1.54, 1.807) is 16.2 Å². The minimum atomic E-state index is -0.170. The van der Waals surface area contributed by atoms with Gasteiger partial charge in [-0.05, 0) is 47.9 Å². The molecule has 1 saturated carbocycles. The summed E-state index contributed by atoms with van der Waals surface area (Å²) >= 11 is 1.67. The first kappa shape index (κ1) is 22.1. The molecule has 1 aliphatic rings. The Morgan fingerprint density at radius 3 is 2.19 bits per heavy atom. The van der Waals surface area contributed by atoms with Crippen LogP contribution in [0, 0.1) is 6.92 Å². The van der Waals surface area contributed by atoms with Crippen LogP contribution < -0.4 is 5.32 Å². The van der Waals surface area contributed by atoms with E-state index < -0.39 is 0 Å². The Labute approximate surface area is 193 Å². The number of hydrogen-bond acceptors (Lipinski definition) is 3. The Morgan fingerprint density at radius 1 is 0.938 bits per heavy atom. The second kappa shape index (κ2) is 10.5. The zero-order chi connectivity index (χ0) is 22.3. The van der Waals surface area contributed by atoms with Gasteiger partial charge in [0.1, 0.15) is 6.54 Å². The number of benzene rings is 2. The van der Waals surface area contributed by atoms with Crippen molar-refractivity contribution >= 4 is 23.3 Å². The van der Waals surface area contributed by atoms with Crippen molar-refractivity contribution in [2.24, 2.45) is 0 Å². The van der Waals surface area contributed by atoms with Gasteiger partial charge in [-0.25, -0.2) is 4.79 Å². The van der Waals surface area contributed by atoms with E-state index in [0.717, 1.165) is 24.0 Å². The van der Waals surface area contributed by atoms with Crippen LogP contribution in [-0.2, 0) is 24.4 Å². The van der Waals surface area contributed by atoms with E-state index in [9.17, 15) is 9.59 Å². The van der Waals surface area contributed by atoms with Crippen LogP contribution in [0.15, 0.2) is 72.1 Å². The molecule has 1 aliphatic carbocycles. The van der Waals surface area contributed by atoms with Crippen LogP contribution in [-0.4, -0.2) is 34.3 Å². The summed E-state index contributed by atoms with van der Waals surface area (Å²) in [6.07, 6.45) is 1.91. The molecule has 0 saturated heterocycles. The fourth-order valence-corrected chi connectivity index (χ4v) is 4.57. The molecule has 32 heavy (non-hydrogen) atoms. The van der Waals surface area contributed by atoms with Crippen molar-refractivity contribution in [1.29, 1.82) is 0 Å². The SMILES string of the molecule is Cc1ccsc1CN(Cc1ccccc1)C(=O)CN(C(=O)NCc1ccccc1)C1CC1. The highest BCUT2D eigenvalue weighted by Crippen LogP contribution is 2.27. The van der Waals surface area contributed by atoms with E-state index >= 15 is 0 Å². The molecule has 4 rings (SSSR count). The molecule has 0 spiro atoms. The van der Waals surface area contributed by atoms with E-state index in [1.807, 2.05) is 65.6 Å². The summed E-state index contributed by atoms with van der Waals surface area (Å²) in [6, 6.07) is 21.9. The van der Waals surface area contributed by atoms with Crippen molar-refractivity contribution in [3.8, 4) is 0 Å². The molecule has 5 nitrogen and oxygen atoms in total. The first-order chi connectivity index (χ1) is 15.6. The molecule has 166 valence electrons. The second-order valence-corrected chi connectivity index (χ2v) is 9.27. The summed E-state index contributed by atoms with van der Waals surface area (Å²) in [4.78, 5) is 31.1. The lowest BCUT2D eigenvalue weighted by Crippen LogP contribution is -2.47. The maximum atomic E-state index is 13.4. The minimum Gasteiger partial charge on any atom is -0.334 e. The molecule has 1 fully saturated rings. The average Bonchev–Trinajstić information content (AvgIpc) is 3.58. The molecule has 0 atom stereocenters. The molecule has 0 aliphatic heterocycles. The number of nitrogens with one attached hydrogen (secondary N) is 1. The van der Waals surface area contributed by atoms with Crippen LogP contribution in [0.5, 0.6) is 0 Å². The van der Waals surface area contributed by atoms with Crippen LogP contribution >= 0.6 is 11.3 Å². The van der Waals surface area contributed by atoms with E-state index in [1.165, 1.54) is 10.4 Å². The van der Waals surface area contributed by atoms with Gasteiger partial charge < -0.3 is 15.1 Å². The number of carbonyl (C=O) groups excluding carboxylic acids is 2. The largest absolute Gasteiger partial charge is 0.334 e. The van der Waals surface area contributed by atoms with Crippen molar-refractivity contribution in [1.82, 2.24) is 15.1 Å². The normalized spacial score (nSPS) is 12.9. The second-order valence-electron chi connectivity index (χ2n) is 8.27. The predicted molar refractivity (Wildman–Crippen MR) is 128 cm³/mol. The highest BCUT2D eigenvalue weighted by molar-refractivity contribution is 7.10. The zero-order valence-electron chi connectivity index (χ0n) is 18.4. The third-order valence-electron chi connectivity index (χ3n) is 5.71. The van der Waals surface area contributed by atoms with Crippen LogP contribution in [0.25, 0.3) is 0 Å². The number of nitrogens with zero attached hydrogens (tertiary/aromatic N) is 2. The molecule has 0 unspecified atom stereocenters. The van der Waals surface area contributed by atoms with E-state index in [4.69, 9.17) is 0 Å². The lowest BCUT2D eigenvalue weighted by atomic mass is 10.2. The van der Waals surface area contributed by atoms with Crippen molar-refractivity contribution in [2.75, 3.05) is 6.54 Å². The van der Waals surface area contributed by atoms with Gasteiger partial charge in [-0.2, -0.15) is 0 Å². The fraction of sp³-hybridized carbons (Fsp3) is 0.308. The number of amides is 3. The molecular formula is C26H29N3O2S. The summed E-state index contributed by atoms with van der Waals surface area (Å²) in [5.74, 6) is -0.0246. The van der Waals surface area contributed by atoms with E-state index in [0.29, 0.717) is 19.6 Å². The Kier molecular flexibility index (Phi) is 7.22.